The molecule has 0 saturated carbocycles. The number of carbonyl (C=O) groups is 1. The molecule has 250 valence electrons. The monoisotopic (exact) mass is 604 g/mol. The van der Waals surface area contributed by atoms with Crippen LogP contribution in [0.2, 0.25) is 0 Å². The molecule has 0 aromatic heterocycles. The zero-order chi connectivity index (χ0) is 30.6. The third-order valence-electron chi connectivity index (χ3n) is 6.43. The van der Waals surface area contributed by atoms with Crippen molar-refractivity contribution >= 4 is 5.97 Å². The van der Waals surface area contributed by atoms with Gasteiger partial charge in [-0.2, -0.15) is 0 Å². The number of carbonyl (C=O) groups excluding carboxylic acids is 1. The standard InChI is InChI=1S/C33H64O9/c1-4-5-6-7-8-9-10-11-12-13-14-15-16-17-35-18-19-36-20-21-37-22-23-38-24-25-39-26-27-40-28-29-41-30-31-42-33(34)32(2)3/h2,4-31H2,1,3H3. The molecule has 0 radical (unpaired) electrons. The van der Waals surface area contributed by atoms with Gasteiger partial charge in [0.15, 0.2) is 0 Å². The summed E-state index contributed by atoms with van der Waals surface area (Å²) in [5.74, 6) is -0.403. The van der Waals surface area contributed by atoms with Crippen molar-refractivity contribution in [1.82, 2.24) is 0 Å². The van der Waals surface area contributed by atoms with Gasteiger partial charge in [0.2, 0.25) is 0 Å². The highest BCUT2D eigenvalue weighted by Crippen LogP contribution is 2.12. The van der Waals surface area contributed by atoms with Crippen LogP contribution in [0, 0.1) is 0 Å². The normalized spacial score (nSPS) is 11.3. The number of ether oxygens (including phenoxy) is 8. The molecule has 9 nitrogen and oxygen atoms in total. The Morgan fingerprint density at radius 3 is 0.976 bits per heavy atom. The van der Waals surface area contributed by atoms with Crippen molar-refractivity contribution in [1.29, 1.82) is 0 Å². The number of hydrogen-bond donors (Lipinski definition) is 0. The molecule has 0 fully saturated rings. The number of rotatable bonds is 36. The van der Waals surface area contributed by atoms with Crippen LogP contribution in [0.3, 0.4) is 0 Å². The summed E-state index contributed by atoms with van der Waals surface area (Å²) in [5, 5.41) is 0. The maximum atomic E-state index is 11.2. The Hall–Kier alpha value is -1.07. The zero-order valence-corrected chi connectivity index (χ0v) is 27.2. The third kappa shape index (κ3) is 35.1. The second kappa shape index (κ2) is 36.1. The van der Waals surface area contributed by atoms with E-state index in [0.29, 0.717) is 91.5 Å². The van der Waals surface area contributed by atoms with E-state index in [2.05, 4.69) is 13.5 Å². The Bertz CT molecular complexity index is 560. The fourth-order valence-electron chi connectivity index (χ4n) is 3.96. The van der Waals surface area contributed by atoms with E-state index in [1.807, 2.05) is 0 Å². The second-order valence-electron chi connectivity index (χ2n) is 10.4. The summed E-state index contributed by atoms with van der Waals surface area (Å²) in [4.78, 5) is 11.2. The maximum absolute atomic E-state index is 11.2. The summed E-state index contributed by atoms with van der Waals surface area (Å²) >= 11 is 0. The van der Waals surface area contributed by atoms with Gasteiger partial charge in [-0.25, -0.2) is 4.79 Å². The zero-order valence-electron chi connectivity index (χ0n) is 27.2. The van der Waals surface area contributed by atoms with Gasteiger partial charge in [0, 0.05) is 12.2 Å². The molecule has 42 heavy (non-hydrogen) atoms. The topological polar surface area (TPSA) is 90.9 Å². The molecule has 0 atom stereocenters. The molecular formula is C33H64O9. The van der Waals surface area contributed by atoms with E-state index in [1.54, 1.807) is 6.92 Å². The SMILES string of the molecule is C=C(C)C(=O)OCCOCCOCCOCCOCCOCCOCCOCCCCCCCCCCCCCCC. The first-order valence-corrected chi connectivity index (χ1v) is 16.5. The van der Waals surface area contributed by atoms with Crippen molar-refractivity contribution in [3.05, 3.63) is 12.2 Å². The van der Waals surface area contributed by atoms with Crippen LogP contribution in [-0.2, 0) is 42.7 Å². The van der Waals surface area contributed by atoms with Crippen LogP contribution >= 0.6 is 0 Å². The Morgan fingerprint density at radius 2 is 0.667 bits per heavy atom. The van der Waals surface area contributed by atoms with Crippen LogP contribution in [0.5, 0.6) is 0 Å². The summed E-state index contributed by atoms with van der Waals surface area (Å²) < 4.78 is 43.3. The largest absolute Gasteiger partial charge is 0.460 e. The van der Waals surface area contributed by atoms with Crippen molar-refractivity contribution in [2.45, 2.75) is 97.3 Å². The molecule has 0 spiro atoms. The fraction of sp³-hybridized carbons (Fsp3) is 0.909. The molecule has 0 amide bonds. The summed E-state index contributed by atoms with van der Waals surface area (Å²) in [6.07, 6.45) is 17.8. The first-order chi connectivity index (χ1) is 20.7. The van der Waals surface area contributed by atoms with Crippen LogP contribution in [0.25, 0.3) is 0 Å². The van der Waals surface area contributed by atoms with Gasteiger partial charge in [0.25, 0.3) is 0 Å². The lowest BCUT2D eigenvalue weighted by atomic mass is 10.0. The highest BCUT2D eigenvalue weighted by molar-refractivity contribution is 5.86. The van der Waals surface area contributed by atoms with Crippen LogP contribution < -0.4 is 0 Å². The van der Waals surface area contributed by atoms with Gasteiger partial charge in [-0.1, -0.05) is 90.6 Å². The summed E-state index contributed by atoms with van der Waals surface area (Å²) in [7, 11) is 0. The summed E-state index contributed by atoms with van der Waals surface area (Å²) in [6, 6.07) is 0. The second-order valence-corrected chi connectivity index (χ2v) is 10.4. The van der Waals surface area contributed by atoms with E-state index in [1.165, 1.54) is 77.0 Å². The highest BCUT2D eigenvalue weighted by atomic mass is 16.6. The molecule has 0 N–H and O–H groups in total. The van der Waals surface area contributed by atoms with Crippen LogP contribution in [-0.4, -0.2) is 105 Å². The van der Waals surface area contributed by atoms with Gasteiger partial charge in [-0.3, -0.25) is 0 Å². The minimum Gasteiger partial charge on any atom is -0.460 e. The van der Waals surface area contributed by atoms with Crippen molar-refractivity contribution in [3.63, 3.8) is 0 Å². The average Bonchev–Trinajstić information content (AvgIpc) is 2.99. The summed E-state index contributed by atoms with van der Waals surface area (Å²) in [6.45, 7) is 15.1. The van der Waals surface area contributed by atoms with E-state index >= 15 is 0 Å². The van der Waals surface area contributed by atoms with Gasteiger partial charge in [-0.05, 0) is 13.3 Å². The highest BCUT2D eigenvalue weighted by Gasteiger charge is 2.02. The molecule has 0 aromatic carbocycles. The number of esters is 1. The Balaban J connectivity index is 3.06. The van der Waals surface area contributed by atoms with Gasteiger partial charge in [0.1, 0.15) is 6.61 Å². The van der Waals surface area contributed by atoms with Crippen molar-refractivity contribution in [2.24, 2.45) is 0 Å². The molecule has 0 unspecified atom stereocenters. The first-order valence-electron chi connectivity index (χ1n) is 16.5. The van der Waals surface area contributed by atoms with Crippen molar-refractivity contribution in [2.75, 3.05) is 99.1 Å². The molecule has 0 aliphatic rings. The smallest absolute Gasteiger partial charge is 0.333 e. The number of hydrogen-bond acceptors (Lipinski definition) is 9. The minimum atomic E-state index is -0.403. The van der Waals surface area contributed by atoms with Gasteiger partial charge in [-0.15, -0.1) is 0 Å². The van der Waals surface area contributed by atoms with Gasteiger partial charge in [0.05, 0.1) is 85.9 Å². The van der Waals surface area contributed by atoms with E-state index in [0.717, 1.165) is 13.0 Å². The van der Waals surface area contributed by atoms with E-state index < -0.39 is 5.97 Å². The molecule has 0 heterocycles. The fourth-order valence-corrected chi connectivity index (χ4v) is 3.96. The Kier molecular flexibility index (Phi) is 35.2. The molecule has 9 heteroatoms. The Labute approximate surface area is 257 Å². The van der Waals surface area contributed by atoms with Crippen molar-refractivity contribution < 1.29 is 42.7 Å². The Morgan fingerprint density at radius 1 is 0.405 bits per heavy atom. The predicted octanol–water partition coefficient (Wildman–Crippen LogP) is 6.31. The molecule has 0 aliphatic carbocycles. The molecule has 0 aliphatic heterocycles. The van der Waals surface area contributed by atoms with Crippen LogP contribution in [0.4, 0.5) is 0 Å². The molecule has 0 bridgehead atoms. The van der Waals surface area contributed by atoms with Gasteiger partial charge >= 0.3 is 5.97 Å². The lowest BCUT2D eigenvalue weighted by Crippen LogP contribution is -2.15. The van der Waals surface area contributed by atoms with E-state index in [9.17, 15) is 4.79 Å². The van der Waals surface area contributed by atoms with E-state index in [4.69, 9.17) is 37.9 Å². The third-order valence-corrected chi connectivity index (χ3v) is 6.43. The van der Waals surface area contributed by atoms with Crippen LogP contribution in [0.15, 0.2) is 12.2 Å². The molecule has 0 saturated heterocycles. The lowest BCUT2D eigenvalue weighted by Gasteiger charge is -2.09. The predicted molar refractivity (Wildman–Crippen MR) is 167 cm³/mol. The van der Waals surface area contributed by atoms with Gasteiger partial charge < -0.3 is 37.9 Å². The molecular weight excluding hydrogens is 540 g/mol. The van der Waals surface area contributed by atoms with Crippen molar-refractivity contribution in [3.8, 4) is 0 Å². The minimum absolute atomic E-state index is 0.211. The average molecular weight is 605 g/mol. The van der Waals surface area contributed by atoms with E-state index in [-0.39, 0.29) is 6.61 Å². The number of unbranched alkanes of at least 4 members (excludes halogenated alkanes) is 12. The van der Waals surface area contributed by atoms with Crippen LogP contribution in [0.1, 0.15) is 97.3 Å². The molecule has 0 aromatic rings. The lowest BCUT2D eigenvalue weighted by molar-refractivity contribution is -0.140. The maximum Gasteiger partial charge on any atom is 0.333 e. The molecule has 0 rings (SSSR count). The first kappa shape index (κ1) is 40.9. The quantitative estimate of drug-likeness (QED) is 0.0463. The summed E-state index contributed by atoms with van der Waals surface area (Å²) in [5.41, 5.74) is 0.379.